The minimum absolute atomic E-state index is 0.0521. The molecule has 1 aliphatic rings. The van der Waals surface area contributed by atoms with E-state index in [9.17, 15) is 14.0 Å². The summed E-state index contributed by atoms with van der Waals surface area (Å²) in [5, 5.41) is 3.95. The number of anilines is 2. The zero-order valence-corrected chi connectivity index (χ0v) is 20.4. The maximum Gasteiger partial charge on any atom is 0.348 e. The summed E-state index contributed by atoms with van der Waals surface area (Å²) in [4.78, 5) is 35.3. The van der Waals surface area contributed by atoms with Gasteiger partial charge in [-0.05, 0) is 50.3 Å². The fraction of sp³-hybridized carbons (Fsp3) is 0.417. The summed E-state index contributed by atoms with van der Waals surface area (Å²) in [6.07, 6.45) is 4.52. The molecule has 4 rings (SSSR count). The van der Waals surface area contributed by atoms with E-state index in [1.165, 1.54) is 36.9 Å². The van der Waals surface area contributed by atoms with Crippen molar-refractivity contribution in [1.29, 1.82) is 0 Å². The number of amides is 1. The van der Waals surface area contributed by atoms with Crippen molar-refractivity contribution in [1.82, 2.24) is 14.9 Å². The molecular formula is C24H27FN4O4S. The van der Waals surface area contributed by atoms with Crippen LogP contribution in [0.3, 0.4) is 0 Å². The van der Waals surface area contributed by atoms with Crippen molar-refractivity contribution in [3.8, 4) is 5.75 Å². The van der Waals surface area contributed by atoms with Crippen LogP contribution in [0.2, 0.25) is 0 Å². The number of halogens is 1. The van der Waals surface area contributed by atoms with Gasteiger partial charge in [0, 0.05) is 26.1 Å². The van der Waals surface area contributed by atoms with E-state index < -0.39 is 11.8 Å². The lowest BCUT2D eigenvalue weighted by molar-refractivity contribution is -0.130. The van der Waals surface area contributed by atoms with Crippen LogP contribution in [0.15, 0.2) is 24.5 Å². The third-order valence-corrected chi connectivity index (χ3v) is 7.46. The molecule has 1 N–H and O–H groups in total. The van der Waals surface area contributed by atoms with Crippen LogP contribution in [0, 0.1) is 12.7 Å². The first kappa shape index (κ1) is 23.9. The lowest BCUT2D eigenvalue weighted by Crippen LogP contribution is -2.40. The number of esters is 1. The quantitative estimate of drug-likeness (QED) is 0.499. The van der Waals surface area contributed by atoms with Crippen LogP contribution in [0.4, 0.5) is 15.9 Å². The number of carbonyl (C=O) groups is 2. The van der Waals surface area contributed by atoms with Crippen molar-refractivity contribution >= 4 is 44.9 Å². The first-order valence-electron chi connectivity index (χ1n) is 11.1. The van der Waals surface area contributed by atoms with E-state index in [1.807, 2.05) is 14.0 Å². The molecule has 3 aromatic rings. The van der Waals surface area contributed by atoms with Gasteiger partial charge in [-0.1, -0.05) is 0 Å². The van der Waals surface area contributed by atoms with Crippen LogP contribution in [0.5, 0.6) is 5.75 Å². The Morgan fingerprint density at radius 1 is 1.21 bits per heavy atom. The summed E-state index contributed by atoms with van der Waals surface area (Å²) < 4.78 is 25.2. The number of benzene rings is 1. The standard InChI is InChI=1S/C24H27FN4O4S/c1-13-20-22(26-12-27-23(20)34-21(13)24(31)32-4)28-18-10-5-15(25)11-19(18)33-17-8-6-16(7-9-17)29(3)14(2)30/h5,10-12,16-17H,6-9H2,1-4H3,(H,26,27,28)/t16-,17+. The monoisotopic (exact) mass is 486 g/mol. The van der Waals surface area contributed by atoms with Crippen LogP contribution < -0.4 is 10.1 Å². The Kier molecular flexibility index (Phi) is 6.97. The number of aryl methyl sites for hydroxylation is 1. The van der Waals surface area contributed by atoms with Gasteiger partial charge in [0.1, 0.15) is 33.4 Å². The number of methoxy groups -OCH3 is 1. The fourth-order valence-electron chi connectivity index (χ4n) is 4.27. The van der Waals surface area contributed by atoms with Gasteiger partial charge in [0.25, 0.3) is 0 Å². The Bertz CT molecular complexity index is 1220. The Labute approximate surface area is 201 Å². The van der Waals surface area contributed by atoms with Gasteiger partial charge in [-0.3, -0.25) is 4.79 Å². The van der Waals surface area contributed by atoms with Crippen LogP contribution >= 0.6 is 11.3 Å². The highest BCUT2D eigenvalue weighted by molar-refractivity contribution is 7.20. The van der Waals surface area contributed by atoms with Gasteiger partial charge >= 0.3 is 5.97 Å². The second kappa shape index (κ2) is 9.92. The SMILES string of the molecule is COC(=O)c1sc2ncnc(Nc3ccc(F)cc3O[C@H]3CC[C@@H](N(C)C(C)=O)CC3)c2c1C. The molecule has 1 amide bonds. The predicted octanol–water partition coefficient (Wildman–Crippen LogP) is 4.84. The number of ether oxygens (including phenoxy) is 2. The van der Waals surface area contributed by atoms with E-state index in [0.29, 0.717) is 37.9 Å². The number of hydrogen-bond acceptors (Lipinski definition) is 8. The Hall–Kier alpha value is -3.27. The molecule has 2 aromatic heterocycles. The van der Waals surface area contributed by atoms with E-state index in [2.05, 4.69) is 15.3 Å². The molecule has 10 heteroatoms. The lowest BCUT2D eigenvalue weighted by Gasteiger charge is -2.34. The number of nitrogens with one attached hydrogen (secondary N) is 1. The summed E-state index contributed by atoms with van der Waals surface area (Å²) in [6, 6.07) is 4.51. The van der Waals surface area contributed by atoms with E-state index in [-0.39, 0.29) is 18.1 Å². The zero-order chi connectivity index (χ0) is 24.4. The molecular weight excluding hydrogens is 459 g/mol. The Morgan fingerprint density at radius 2 is 1.94 bits per heavy atom. The second-order valence-electron chi connectivity index (χ2n) is 8.39. The van der Waals surface area contributed by atoms with Gasteiger partial charge in [0.2, 0.25) is 5.91 Å². The average Bonchev–Trinajstić information content (AvgIpc) is 3.17. The molecule has 1 aliphatic carbocycles. The molecule has 1 aromatic carbocycles. The number of nitrogens with zero attached hydrogens (tertiary/aromatic N) is 3. The topological polar surface area (TPSA) is 93.7 Å². The molecule has 180 valence electrons. The molecule has 34 heavy (non-hydrogen) atoms. The summed E-state index contributed by atoms with van der Waals surface area (Å²) in [5.74, 6) is 0.103. The predicted molar refractivity (Wildman–Crippen MR) is 128 cm³/mol. The number of rotatable bonds is 6. The number of fused-ring (bicyclic) bond motifs is 1. The summed E-state index contributed by atoms with van der Waals surface area (Å²) in [6.45, 7) is 3.39. The zero-order valence-electron chi connectivity index (χ0n) is 19.6. The molecule has 0 aliphatic heterocycles. The van der Waals surface area contributed by atoms with Crippen molar-refractivity contribution in [3.63, 3.8) is 0 Å². The van der Waals surface area contributed by atoms with Crippen LogP contribution in [0.1, 0.15) is 47.8 Å². The normalized spacial score (nSPS) is 17.9. The van der Waals surface area contributed by atoms with Gasteiger partial charge in [-0.25, -0.2) is 19.2 Å². The van der Waals surface area contributed by atoms with Crippen molar-refractivity contribution < 1.29 is 23.5 Å². The van der Waals surface area contributed by atoms with Gasteiger partial charge < -0.3 is 19.7 Å². The summed E-state index contributed by atoms with van der Waals surface area (Å²) >= 11 is 1.24. The number of aromatic nitrogens is 2. The van der Waals surface area contributed by atoms with Crippen LogP contribution in [-0.4, -0.2) is 53.0 Å². The van der Waals surface area contributed by atoms with E-state index in [1.54, 1.807) is 17.9 Å². The number of thiophene rings is 1. The third-order valence-electron chi connectivity index (χ3n) is 6.28. The summed E-state index contributed by atoms with van der Waals surface area (Å²) in [7, 11) is 3.16. The van der Waals surface area contributed by atoms with Gasteiger partial charge in [-0.15, -0.1) is 11.3 Å². The second-order valence-corrected chi connectivity index (χ2v) is 9.39. The van der Waals surface area contributed by atoms with Crippen molar-refractivity contribution in [2.75, 3.05) is 19.5 Å². The molecule has 8 nitrogen and oxygen atoms in total. The van der Waals surface area contributed by atoms with E-state index in [4.69, 9.17) is 9.47 Å². The fourth-order valence-corrected chi connectivity index (χ4v) is 5.33. The Morgan fingerprint density at radius 3 is 2.62 bits per heavy atom. The first-order chi connectivity index (χ1) is 16.3. The molecule has 1 saturated carbocycles. The molecule has 0 saturated heterocycles. The molecule has 0 unspecified atom stereocenters. The largest absolute Gasteiger partial charge is 0.488 e. The first-order valence-corrected chi connectivity index (χ1v) is 11.9. The molecule has 0 spiro atoms. The molecule has 0 radical (unpaired) electrons. The molecule has 2 heterocycles. The highest BCUT2D eigenvalue weighted by atomic mass is 32.1. The minimum Gasteiger partial charge on any atom is -0.488 e. The van der Waals surface area contributed by atoms with Crippen molar-refractivity contribution in [2.24, 2.45) is 0 Å². The minimum atomic E-state index is -0.428. The van der Waals surface area contributed by atoms with Gasteiger partial charge in [-0.2, -0.15) is 0 Å². The average molecular weight is 487 g/mol. The van der Waals surface area contributed by atoms with Gasteiger partial charge in [0.15, 0.2) is 0 Å². The third kappa shape index (κ3) is 4.82. The highest BCUT2D eigenvalue weighted by Gasteiger charge is 2.27. The highest BCUT2D eigenvalue weighted by Crippen LogP contribution is 2.37. The van der Waals surface area contributed by atoms with Crippen molar-refractivity contribution in [3.05, 3.63) is 40.8 Å². The maximum absolute atomic E-state index is 14.1. The number of carbonyl (C=O) groups excluding carboxylic acids is 2. The molecule has 0 atom stereocenters. The van der Waals surface area contributed by atoms with E-state index >= 15 is 0 Å². The van der Waals surface area contributed by atoms with E-state index in [0.717, 1.165) is 25.7 Å². The smallest absolute Gasteiger partial charge is 0.348 e. The van der Waals surface area contributed by atoms with Gasteiger partial charge in [0.05, 0.1) is 24.3 Å². The Balaban J connectivity index is 1.57. The maximum atomic E-state index is 14.1. The van der Waals surface area contributed by atoms with Crippen LogP contribution in [0.25, 0.3) is 10.2 Å². The lowest BCUT2D eigenvalue weighted by atomic mass is 9.92. The number of hydrogen-bond donors (Lipinski definition) is 1. The molecule has 0 bridgehead atoms. The summed E-state index contributed by atoms with van der Waals surface area (Å²) in [5.41, 5.74) is 1.28. The van der Waals surface area contributed by atoms with Crippen LogP contribution in [-0.2, 0) is 9.53 Å². The molecule has 1 fully saturated rings. The van der Waals surface area contributed by atoms with Crippen molar-refractivity contribution in [2.45, 2.75) is 51.7 Å².